The number of hydrogen-bond donors (Lipinski definition) is 1. The van der Waals surface area contributed by atoms with Gasteiger partial charge in [0.25, 0.3) is 0 Å². The Morgan fingerprint density at radius 1 is 1.79 bits per heavy atom. The van der Waals surface area contributed by atoms with Crippen molar-refractivity contribution in [3.63, 3.8) is 0 Å². The van der Waals surface area contributed by atoms with Gasteiger partial charge in [-0.2, -0.15) is 5.10 Å². The van der Waals surface area contributed by atoms with E-state index in [2.05, 4.69) is 11.0 Å². The second-order valence-electron chi connectivity index (χ2n) is 2.69. The first kappa shape index (κ1) is 10.1. The van der Waals surface area contributed by atoms with Crippen LogP contribution in [0.3, 0.4) is 0 Å². The van der Waals surface area contributed by atoms with Crippen LogP contribution in [0.25, 0.3) is 0 Å². The monoisotopic (exact) mass is 194 g/mol. The quantitative estimate of drug-likeness (QED) is 0.709. The van der Waals surface area contributed by atoms with Gasteiger partial charge in [-0.25, -0.2) is 9.48 Å². The minimum absolute atomic E-state index is 0.0270. The van der Waals surface area contributed by atoms with Crippen LogP contribution in [-0.2, 0) is 7.05 Å². The predicted octanol–water partition coefficient (Wildman–Crippen LogP) is 0.439. The predicted molar refractivity (Wildman–Crippen MR) is 49.2 cm³/mol. The first-order valence-electron chi connectivity index (χ1n) is 3.91. The molecule has 0 bridgehead atoms. The van der Waals surface area contributed by atoms with Gasteiger partial charge in [0.2, 0.25) is 5.88 Å². The summed E-state index contributed by atoms with van der Waals surface area (Å²) in [5, 5.41) is 12.8. The molecule has 1 aromatic rings. The average molecular weight is 194 g/mol. The third-order valence-electron chi connectivity index (χ3n) is 1.68. The van der Waals surface area contributed by atoms with E-state index in [-0.39, 0.29) is 18.1 Å². The first-order valence-corrected chi connectivity index (χ1v) is 3.91. The Morgan fingerprint density at radius 2 is 2.43 bits per heavy atom. The van der Waals surface area contributed by atoms with Crippen LogP contribution in [-0.4, -0.2) is 27.5 Å². The van der Waals surface area contributed by atoms with Gasteiger partial charge >= 0.3 is 5.97 Å². The molecular weight excluding hydrogens is 184 g/mol. The highest BCUT2D eigenvalue weighted by atomic mass is 16.5. The lowest BCUT2D eigenvalue weighted by Gasteiger charge is -2.02. The summed E-state index contributed by atoms with van der Waals surface area (Å²) in [4.78, 5) is 10.8. The average Bonchev–Trinajstić information content (AvgIpc) is 2.37. The Morgan fingerprint density at radius 3 is 2.93 bits per heavy atom. The number of nitrogens with zero attached hydrogens (tertiary/aromatic N) is 2. The van der Waals surface area contributed by atoms with Gasteiger partial charge in [-0.15, -0.1) is 6.42 Å². The van der Waals surface area contributed by atoms with Crippen LogP contribution < -0.4 is 4.74 Å². The molecule has 0 saturated carbocycles. The van der Waals surface area contributed by atoms with Crippen molar-refractivity contribution in [1.82, 2.24) is 9.78 Å². The van der Waals surface area contributed by atoms with E-state index in [9.17, 15) is 4.79 Å². The Balaban J connectivity index is 3.13. The number of aryl methyl sites for hydroxylation is 2. The van der Waals surface area contributed by atoms with Crippen molar-refractivity contribution in [2.75, 3.05) is 6.61 Å². The molecular formula is C9H10N2O3. The molecule has 14 heavy (non-hydrogen) atoms. The van der Waals surface area contributed by atoms with E-state index in [0.29, 0.717) is 5.69 Å². The van der Waals surface area contributed by atoms with Gasteiger partial charge < -0.3 is 9.84 Å². The van der Waals surface area contributed by atoms with Gasteiger partial charge in [0.05, 0.1) is 5.69 Å². The van der Waals surface area contributed by atoms with E-state index in [1.165, 1.54) is 4.68 Å². The van der Waals surface area contributed by atoms with Gasteiger partial charge in [0.15, 0.2) is 6.61 Å². The van der Waals surface area contributed by atoms with Gasteiger partial charge in [-0.05, 0) is 6.92 Å². The molecule has 0 aromatic carbocycles. The molecule has 0 spiro atoms. The molecule has 0 fully saturated rings. The number of terminal acetylenes is 1. The largest absolute Gasteiger partial charge is 0.477 e. The van der Waals surface area contributed by atoms with Crippen molar-refractivity contribution in [1.29, 1.82) is 0 Å². The van der Waals surface area contributed by atoms with E-state index < -0.39 is 5.97 Å². The van der Waals surface area contributed by atoms with E-state index in [0.717, 1.165) is 0 Å². The van der Waals surface area contributed by atoms with Crippen molar-refractivity contribution in [3.05, 3.63) is 11.3 Å². The SMILES string of the molecule is C#CCOc1c(C(=O)O)c(C)nn1C. The molecule has 0 aliphatic rings. The third-order valence-corrected chi connectivity index (χ3v) is 1.68. The maximum atomic E-state index is 10.8. The highest BCUT2D eigenvalue weighted by molar-refractivity contribution is 5.91. The minimum atomic E-state index is -1.07. The molecule has 0 saturated heterocycles. The van der Waals surface area contributed by atoms with E-state index in [4.69, 9.17) is 16.3 Å². The Bertz CT molecular complexity index is 401. The zero-order valence-corrected chi connectivity index (χ0v) is 7.94. The highest BCUT2D eigenvalue weighted by Gasteiger charge is 2.20. The number of carboxylic acids is 1. The fourth-order valence-corrected chi connectivity index (χ4v) is 1.16. The van der Waals surface area contributed by atoms with E-state index >= 15 is 0 Å². The summed E-state index contributed by atoms with van der Waals surface area (Å²) in [7, 11) is 1.60. The molecule has 1 rings (SSSR count). The van der Waals surface area contributed by atoms with Crippen LogP contribution in [0, 0.1) is 19.3 Å². The van der Waals surface area contributed by atoms with Gasteiger partial charge in [-0.3, -0.25) is 0 Å². The number of aromatic nitrogens is 2. The van der Waals surface area contributed by atoms with Crippen molar-refractivity contribution in [3.8, 4) is 18.2 Å². The molecule has 1 heterocycles. The van der Waals surface area contributed by atoms with Crippen LogP contribution >= 0.6 is 0 Å². The molecule has 0 radical (unpaired) electrons. The smallest absolute Gasteiger partial charge is 0.343 e. The van der Waals surface area contributed by atoms with Gasteiger partial charge in [-0.1, -0.05) is 5.92 Å². The van der Waals surface area contributed by atoms with Crippen molar-refractivity contribution in [2.24, 2.45) is 7.05 Å². The summed E-state index contributed by atoms with van der Waals surface area (Å²) in [5.41, 5.74) is 0.467. The fraction of sp³-hybridized carbons (Fsp3) is 0.333. The molecule has 5 heteroatoms. The fourth-order valence-electron chi connectivity index (χ4n) is 1.16. The molecule has 0 unspecified atom stereocenters. The summed E-state index contributed by atoms with van der Waals surface area (Å²) in [5.74, 6) is 1.38. The number of ether oxygens (including phenoxy) is 1. The highest BCUT2D eigenvalue weighted by Crippen LogP contribution is 2.20. The van der Waals surface area contributed by atoms with Crippen LogP contribution in [0.5, 0.6) is 5.88 Å². The minimum Gasteiger partial charge on any atom is -0.477 e. The van der Waals surface area contributed by atoms with Crippen LogP contribution in [0.1, 0.15) is 16.1 Å². The lowest BCUT2D eigenvalue weighted by Crippen LogP contribution is -2.05. The maximum absolute atomic E-state index is 10.8. The molecule has 1 N–H and O–H groups in total. The molecule has 5 nitrogen and oxygen atoms in total. The molecule has 0 aliphatic heterocycles. The zero-order chi connectivity index (χ0) is 10.7. The lowest BCUT2D eigenvalue weighted by molar-refractivity contribution is 0.0691. The van der Waals surface area contributed by atoms with Crippen LogP contribution in [0.4, 0.5) is 0 Å². The van der Waals surface area contributed by atoms with Gasteiger partial charge in [0, 0.05) is 7.05 Å². The number of aromatic carboxylic acids is 1. The Kier molecular flexibility index (Phi) is 2.77. The molecule has 1 aromatic heterocycles. The standard InChI is InChI=1S/C9H10N2O3/c1-4-5-14-8-7(9(12)13)6(2)10-11(8)3/h1H,5H2,2-3H3,(H,12,13). The third kappa shape index (κ3) is 1.69. The van der Waals surface area contributed by atoms with Crippen molar-refractivity contribution >= 4 is 5.97 Å². The maximum Gasteiger partial charge on any atom is 0.343 e. The lowest BCUT2D eigenvalue weighted by atomic mass is 10.2. The van der Waals surface area contributed by atoms with E-state index in [1.807, 2.05) is 0 Å². The van der Waals surface area contributed by atoms with Gasteiger partial charge in [0.1, 0.15) is 5.56 Å². The zero-order valence-electron chi connectivity index (χ0n) is 7.94. The summed E-state index contributed by atoms with van der Waals surface area (Å²) in [6, 6.07) is 0. The summed E-state index contributed by atoms with van der Waals surface area (Å²) in [6.45, 7) is 1.63. The molecule has 0 amide bonds. The van der Waals surface area contributed by atoms with Crippen molar-refractivity contribution < 1.29 is 14.6 Å². The number of carboxylic acid groups (broad SMARTS) is 1. The van der Waals surface area contributed by atoms with Crippen molar-refractivity contribution in [2.45, 2.75) is 6.92 Å². The Hall–Kier alpha value is -1.96. The summed E-state index contributed by atoms with van der Waals surface area (Å²) < 4.78 is 6.44. The second kappa shape index (κ2) is 3.83. The van der Waals surface area contributed by atoms with Crippen LogP contribution in [0.2, 0.25) is 0 Å². The second-order valence-corrected chi connectivity index (χ2v) is 2.69. The van der Waals surface area contributed by atoms with E-state index in [1.54, 1.807) is 14.0 Å². The number of hydrogen-bond acceptors (Lipinski definition) is 3. The topological polar surface area (TPSA) is 64.3 Å². The molecule has 74 valence electrons. The summed E-state index contributed by atoms with van der Waals surface area (Å²) in [6.07, 6.45) is 5.01. The molecule has 0 aliphatic carbocycles. The number of rotatable bonds is 3. The normalized spacial score (nSPS) is 9.50. The molecule has 0 atom stereocenters. The number of carbonyl (C=O) groups is 1. The van der Waals surface area contributed by atoms with Crippen LogP contribution in [0.15, 0.2) is 0 Å². The summed E-state index contributed by atoms with van der Waals surface area (Å²) >= 11 is 0. The first-order chi connectivity index (χ1) is 6.57. The Labute approximate surface area is 81.3 Å².